The fourth-order valence-electron chi connectivity index (χ4n) is 1.98. The standard InChI is InChI=1S/C14H19FN2O/c1-10-3-4-11(15)9-13(10)14(18)16-7-8-17(2)12-5-6-12/h3-4,9,12H,5-8H2,1-2H3,(H,16,18). The molecule has 3 nitrogen and oxygen atoms in total. The van der Waals surface area contributed by atoms with E-state index in [9.17, 15) is 9.18 Å². The highest BCUT2D eigenvalue weighted by Gasteiger charge is 2.25. The smallest absolute Gasteiger partial charge is 0.251 e. The van der Waals surface area contributed by atoms with Gasteiger partial charge in [-0.25, -0.2) is 4.39 Å². The molecule has 98 valence electrons. The van der Waals surface area contributed by atoms with Crippen LogP contribution in [0, 0.1) is 12.7 Å². The van der Waals surface area contributed by atoms with Gasteiger partial charge in [-0.1, -0.05) is 6.07 Å². The quantitative estimate of drug-likeness (QED) is 0.866. The number of hydrogen-bond donors (Lipinski definition) is 1. The maximum absolute atomic E-state index is 13.1. The molecule has 1 aliphatic carbocycles. The average Bonchev–Trinajstić information content (AvgIpc) is 3.16. The molecule has 0 radical (unpaired) electrons. The molecule has 1 aromatic carbocycles. The van der Waals surface area contributed by atoms with Crippen LogP contribution >= 0.6 is 0 Å². The van der Waals surface area contributed by atoms with Crippen molar-refractivity contribution in [3.05, 3.63) is 35.1 Å². The molecule has 1 aromatic rings. The topological polar surface area (TPSA) is 32.3 Å². The predicted molar refractivity (Wildman–Crippen MR) is 69.1 cm³/mol. The van der Waals surface area contributed by atoms with Crippen molar-refractivity contribution in [3.8, 4) is 0 Å². The molecule has 1 amide bonds. The summed E-state index contributed by atoms with van der Waals surface area (Å²) in [5.74, 6) is -0.572. The van der Waals surface area contributed by atoms with Crippen LogP contribution in [0.2, 0.25) is 0 Å². The van der Waals surface area contributed by atoms with Crippen molar-refractivity contribution in [1.29, 1.82) is 0 Å². The van der Waals surface area contributed by atoms with E-state index in [1.165, 1.54) is 25.0 Å². The first-order chi connectivity index (χ1) is 8.58. The van der Waals surface area contributed by atoms with Crippen LogP contribution in [0.25, 0.3) is 0 Å². The lowest BCUT2D eigenvalue weighted by molar-refractivity contribution is 0.0948. The van der Waals surface area contributed by atoms with Crippen molar-refractivity contribution >= 4 is 5.91 Å². The van der Waals surface area contributed by atoms with Crippen LogP contribution in [-0.4, -0.2) is 37.0 Å². The van der Waals surface area contributed by atoms with Gasteiger partial charge in [0.1, 0.15) is 5.82 Å². The molecule has 0 spiro atoms. The number of aryl methyl sites for hydroxylation is 1. The van der Waals surface area contributed by atoms with Crippen molar-refractivity contribution < 1.29 is 9.18 Å². The third kappa shape index (κ3) is 3.29. The SMILES string of the molecule is Cc1ccc(F)cc1C(=O)NCCN(C)C1CC1. The highest BCUT2D eigenvalue weighted by Crippen LogP contribution is 2.24. The van der Waals surface area contributed by atoms with Gasteiger partial charge in [-0.15, -0.1) is 0 Å². The summed E-state index contributed by atoms with van der Waals surface area (Å²) in [5, 5.41) is 2.83. The third-order valence-corrected chi connectivity index (χ3v) is 3.36. The van der Waals surface area contributed by atoms with Crippen molar-refractivity contribution in [2.75, 3.05) is 20.1 Å². The summed E-state index contributed by atoms with van der Waals surface area (Å²) in [7, 11) is 2.07. The second kappa shape index (κ2) is 5.48. The van der Waals surface area contributed by atoms with E-state index in [-0.39, 0.29) is 11.7 Å². The Morgan fingerprint density at radius 1 is 1.50 bits per heavy atom. The van der Waals surface area contributed by atoms with Crippen LogP contribution in [0.15, 0.2) is 18.2 Å². The Labute approximate surface area is 107 Å². The lowest BCUT2D eigenvalue weighted by Gasteiger charge is -2.16. The van der Waals surface area contributed by atoms with Crippen LogP contribution in [0.3, 0.4) is 0 Å². The van der Waals surface area contributed by atoms with E-state index in [0.29, 0.717) is 18.2 Å². The molecule has 0 atom stereocenters. The number of halogens is 1. The highest BCUT2D eigenvalue weighted by molar-refractivity contribution is 5.95. The Morgan fingerprint density at radius 3 is 2.89 bits per heavy atom. The number of amides is 1. The van der Waals surface area contributed by atoms with Crippen molar-refractivity contribution in [1.82, 2.24) is 10.2 Å². The summed E-state index contributed by atoms with van der Waals surface area (Å²) in [5.41, 5.74) is 1.22. The first-order valence-corrected chi connectivity index (χ1v) is 6.32. The largest absolute Gasteiger partial charge is 0.351 e. The Balaban J connectivity index is 1.85. The number of carbonyl (C=O) groups is 1. The van der Waals surface area contributed by atoms with E-state index in [1.807, 2.05) is 6.92 Å². The molecular formula is C14H19FN2O. The molecule has 18 heavy (non-hydrogen) atoms. The monoisotopic (exact) mass is 250 g/mol. The van der Waals surface area contributed by atoms with Crippen LogP contribution in [0.1, 0.15) is 28.8 Å². The van der Waals surface area contributed by atoms with Gasteiger partial charge in [0.2, 0.25) is 0 Å². The first kappa shape index (κ1) is 13.0. The number of likely N-dealkylation sites (N-methyl/N-ethyl adjacent to an activating group) is 1. The van der Waals surface area contributed by atoms with Gasteiger partial charge in [-0.3, -0.25) is 4.79 Å². The second-order valence-corrected chi connectivity index (χ2v) is 4.93. The zero-order chi connectivity index (χ0) is 13.1. The van der Waals surface area contributed by atoms with E-state index in [2.05, 4.69) is 17.3 Å². The minimum Gasteiger partial charge on any atom is -0.351 e. The van der Waals surface area contributed by atoms with Gasteiger partial charge >= 0.3 is 0 Å². The molecule has 4 heteroatoms. The van der Waals surface area contributed by atoms with Crippen molar-refractivity contribution in [2.45, 2.75) is 25.8 Å². The summed E-state index contributed by atoms with van der Waals surface area (Å²) in [4.78, 5) is 14.1. The molecule has 1 N–H and O–H groups in total. The van der Waals surface area contributed by atoms with E-state index in [1.54, 1.807) is 6.07 Å². The zero-order valence-electron chi connectivity index (χ0n) is 10.9. The minimum absolute atomic E-state index is 0.198. The molecule has 0 aliphatic heterocycles. The summed E-state index contributed by atoms with van der Waals surface area (Å²) in [6.07, 6.45) is 2.51. The van der Waals surface area contributed by atoms with Crippen molar-refractivity contribution in [2.24, 2.45) is 0 Å². The molecule has 2 rings (SSSR count). The summed E-state index contributed by atoms with van der Waals surface area (Å²) >= 11 is 0. The summed E-state index contributed by atoms with van der Waals surface area (Å²) in [6, 6.07) is 4.97. The van der Waals surface area contributed by atoms with Crippen molar-refractivity contribution in [3.63, 3.8) is 0 Å². The van der Waals surface area contributed by atoms with Crippen LogP contribution in [0.5, 0.6) is 0 Å². The second-order valence-electron chi connectivity index (χ2n) is 4.93. The van der Waals surface area contributed by atoms with E-state index in [0.717, 1.165) is 12.1 Å². The minimum atomic E-state index is -0.374. The number of rotatable bonds is 5. The number of nitrogens with zero attached hydrogens (tertiary/aromatic N) is 1. The van der Waals surface area contributed by atoms with Gasteiger partial charge in [-0.05, 0) is 44.5 Å². The molecule has 0 unspecified atom stereocenters. The Kier molecular flexibility index (Phi) is 3.97. The fraction of sp³-hybridized carbons (Fsp3) is 0.500. The average molecular weight is 250 g/mol. The van der Waals surface area contributed by atoms with Gasteiger partial charge in [-0.2, -0.15) is 0 Å². The maximum atomic E-state index is 13.1. The number of carbonyl (C=O) groups excluding carboxylic acids is 1. The van der Waals surface area contributed by atoms with E-state index >= 15 is 0 Å². The predicted octanol–water partition coefficient (Wildman–Crippen LogP) is 1.96. The van der Waals surface area contributed by atoms with Gasteiger partial charge < -0.3 is 10.2 Å². The Morgan fingerprint density at radius 2 is 2.22 bits per heavy atom. The number of benzene rings is 1. The van der Waals surface area contributed by atoms with Crippen LogP contribution < -0.4 is 5.32 Å². The molecule has 1 aliphatic rings. The molecular weight excluding hydrogens is 231 g/mol. The molecule has 0 heterocycles. The third-order valence-electron chi connectivity index (χ3n) is 3.36. The fourth-order valence-corrected chi connectivity index (χ4v) is 1.98. The van der Waals surface area contributed by atoms with E-state index in [4.69, 9.17) is 0 Å². The summed E-state index contributed by atoms with van der Waals surface area (Å²) < 4.78 is 13.1. The Hall–Kier alpha value is -1.42. The van der Waals surface area contributed by atoms with E-state index < -0.39 is 0 Å². The van der Waals surface area contributed by atoms with Crippen LogP contribution in [0.4, 0.5) is 4.39 Å². The molecule has 1 saturated carbocycles. The Bertz CT molecular complexity index is 443. The van der Waals surface area contributed by atoms with Crippen LogP contribution in [-0.2, 0) is 0 Å². The summed E-state index contributed by atoms with van der Waals surface area (Å²) in [6.45, 7) is 3.25. The normalized spacial score (nSPS) is 14.9. The highest BCUT2D eigenvalue weighted by atomic mass is 19.1. The number of nitrogens with one attached hydrogen (secondary N) is 1. The lowest BCUT2D eigenvalue weighted by Crippen LogP contribution is -2.34. The molecule has 0 bridgehead atoms. The zero-order valence-corrected chi connectivity index (χ0v) is 10.9. The maximum Gasteiger partial charge on any atom is 0.251 e. The van der Waals surface area contributed by atoms with Gasteiger partial charge in [0.25, 0.3) is 5.91 Å². The van der Waals surface area contributed by atoms with Gasteiger partial charge in [0, 0.05) is 24.7 Å². The molecule has 0 aromatic heterocycles. The van der Waals surface area contributed by atoms with Gasteiger partial charge in [0.15, 0.2) is 0 Å². The number of hydrogen-bond acceptors (Lipinski definition) is 2. The molecule has 0 saturated heterocycles. The molecule has 1 fully saturated rings. The van der Waals surface area contributed by atoms with Gasteiger partial charge in [0.05, 0.1) is 0 Å². The first-order valence-electron chi connectivity index (χ1n) is 6.32. The lowest BCUT2D eigenvalue weighted by atomic mass is 10.1.